The number of benzene rings is 1. The molecule has 0 aromatic heterocycles. The van der Waals surface area contributed by atoms with E-state index in [4.69, 9.17) is 0 Å². The molecule has 2 heterocycles. The number of hydrogen-bond acceptors (Lipinski definition) is 2. The number of nitrogens with zero attached hydrogens (tertiary/aromatic N) is 1. The minimum atomic E-state index is 0.334. The van der Waals surface area contributed by atoms with Crippen molar-refractivity contribution in [3.05, 3.63) is 35.4 Å². The van der Waals surface area contributed by atoms with Crippen molar-refractivity contribution in [1.29, 1.82) is 0 Å². The van der Waals surface area contributed by atoms with Crippen molar-refractivity contribution in [3.8, 4) is 0 Å². The summed E-state index contributed by atoms with van der Waals surface area (Å²) in [5, 5.41) is 3.48. The summed E-state index contributed by atoms with van der Waals surface area (Å²) in [6.45, 7) is 6.38. The molecule has 2 aliphatic heterocycles. The van der Waals surface area contributed by atoms with Crippen molar-refractivity contribution in [2.75, 3.05) is 26.2 Å². The second kappa shape index (κ2) is 6.82. The molecule has 0 atom stereocenters. The number of carbonyl (C=O) groups is 1. The van der Waals surface area contributed by atoms with Crippen molar-refractivity contribution in [2.24, 2.45) is 5.41 Å². The summed E-state index contributed by atoms with van der Waals surface area (Å²) in [4.78, 5) is 14.5. The number of amides is 1. The fraction of sp³-hybridized carbons (Fsp3) is 0.632. The summed E-state index contributed by atoms with van der Waals surface area (Å²) in [5.41, 5.74) is 3.13. The molecule has 1 N–H and O–H groups in total. The molecular weight excluding hydrogens is 272 g/mol. The van der Waals surface area contributed by atoms with Crippen molar-refractivity contribution in [3.63, 3.8) is 0 Å². The molecule has 0 saturated carbocycles. The van der Waals surface area contributed by atoms with Crippen molar-refractivity contribution in [1.82, 2.24) is 10.2 Å². The quantitative estimate of drug-likeness (QED) is 0.927. The summed E-state index contributed by atoms with van der Waals surface area (Å²) in [7, 11) is 0. The van der Waals surface area contributed by atoms with Gasteiger partial charge in [-0.2, -0.15) is 0 Å². The average Bonchev–Trinajstić information content (AvgIpc) is 3.02. The molecule has 1 amide bonds. The number of aryl methyl sites for hydroxylation is 2. The minimum Gasteiger partial charge on any atom is -0.343 e. The Morgan fingerprint density at radius 1 is 1.14 bits per heavy atom. The smallest absolute Gasteiger partial charge is 0.222 e. The Labute approximate surface area is 134 Å². The van der Waals surface area contributed by atoms with Crippen LogP contribution in [-0.4, -0.2) is 37.0 Å². The maximum atomic E-state index is 12.4. The lowest BCUT2D eigenvalue weighted by atomic mass is 9.78. The van der Waals surface area contributed by atoms with Gasteiger partial charge >= 0.3 is 0 Å². The first-order chi connectivity index (χ1) is 10.7. The number of likely N-dealkylation sites (tertiary alicyclic amines) is 1. The summed E-state index contributed by atoms with van der Waals surface area (Å²) >= 11 is 0. The number of hydrogen-bond donors (Lipinski definition) is 1. The van der Waals surface area contributed by atoms with Crippen LogP contribution in [0.2, 0.25) is 0 Å². The molecule has 0 radical (unpaired) electrons. The Morgan fingerprint density at radius 2 is 1.82 bits per heavy atom. The Morgan fingerprint density at radius 3 is 2.41 bits per heavy atom. The minimum absolute atomic E-state index is 0.334. The number of nitrogens with one attached hydrogen (secondary N) is 1. The van der Waals surface area contributed by atoms with Gasteiger partial charge in [0.1, 0.15) is 0 Å². The Hall–Kier alpha value is -1.35. The van der Waals surface area contributed by atoms with Crippen LogP contribution < -0.4 is 5.32 Å². The molecule has 1 aromatic rings. The third-order valence-electron chi connectivity index (χ3n) is 5.57. The SMILES string of the molecule is CCc1ccc(CCC(=O)N2CCC3(CCNC3)CC2)cc1. The molecule has 1 aromatic carbocycles. The Kier molecular flexibility index (Phi) is 4.82. The van der Waals surface area contributed by atoms with E-state index in [-0.39, 0.29) is 0 Å². The molecule has 3 heteroatoms. The molecule has 0 aliphatic carbocycles. The molecule has 1 spiro atoms. The molecular formula is C19H28N2O. The highest BCUT2D eigenvalue weighted by Gasteiger charge is 2.37. The molecule has 22 heavy (non-hydrogen) atoms. The van der Waals surface area contributed by atoms with Gasteiger partial charge in [0.2, 0.25) is 5.91 Å². The van der Waals surface area contributed by atoms with E-state index in [1.165, 1.54) is 30.4 Å². The fourth-order valence-electron chi connectivity index (χ4n) is 3.80. The van der Waals surface area contributed by atoms with Crippen LogP contribution >= 0.6 is 0 Å². The largest absolute Gasteiger partial charge is 0.343 e. The van der Waals surface area contributed by atoms with Crippen molar-refractivity contribution < 1.29 is 4.79 Å². The van der Waals surface area contributed by atoms with Crippen LogP contribution in [-0.2, 0) is 17.6 Å². The predicted molar refractivity (Wildman–Crippen MR) is 89.9 cm³/mol. The van der Waals surface area contributed by atoms with Gasteiger partial charge in [0.25, 0.3) is 0 Å². The maximum Gasteiger partial charge on any atom is 0.222 e. The molecule has 0 bridgehead atoms. The lowest BCUT2D eigenvalue weighted by molar-refractivity contribution is -0.133. The standard InChI is InChI=1S/C19H28N2O/c1-2-16-3-5-17(6-4-16)7-8-18(22)21-13-10-19(11-14-21)9-12-20-15-19/h3-6,20H,2,7-15H2,1H3. The average molecular weight is 300 g/mol. The van der Waals surface area contributed by atoms with Crippen LogP contribution in [0.3, 0.4) is 0 Å². The number of carbonyl (C=O) groups excluding carboxylic acids is 1. The van der Waals surface area contributed by atoms with Gasteiger partial charge in [-0.05, 0) is 55.2 Å². The van der Waals surface area contributed by atoms with Crippen LogP contribution in [0.25, 0.3) is 0 Å². The van der Waals surface area contributed by atoms with Crippen LogP contribution in [0.5, 0.6) is 0 Å². The van der Waals surface area contributed by atoms with Gasteiger partial charge < -0.3 is 10.2 Å². The Bertz CT molecular complexity index is 493. The van der Waals surface area contributed by atoms with E-state index >= 15 is 0 Å². The topological polar surface area (TPSA) is 32.3 Å². The third kappa shape index (κ3) is 3.52. The third-order valence-corrected chi connectivity index (χ3v) is 5.57. The Balaban J connectivity index is 1.46. The predicted octanol–water partition coefficient (Wildman–Crippen LogP) is 2.78. The molecule has 3 rings (SSSR count). The monoisotopic (exact) mass is 300 g/mol. The zero-order valence-electron chi connectivity index (χ0n) is 13.7. The van der Waals surface area contributed by atoms with Crippen molar-refractivity contribution >= 4 is 5.91 Å². The van der Waals surface area contributed by atoms with Gasteiger partial charge in [0.15, 0.2) is 0 Å². The zero-order valence-corrected chi connectivity index (χ0v) is 13.7. The van der Waals surface area contributed by atoms with Crippen LogP contribution in [0.1, 0.15) is 43.7 Å². The number of rotatable bonds is 4. The van der Waals surface area contributed by atoms with E-state index in [2.05, 4.69) is 41.4 Å². The maximum absolute atomic E-state index is 12.4. The van der Waals surface area contributed by atoms with Crippen LogP contribution in [0.4, 0.5) is 0 Å². The van der Waals surface area contributed by atoms with Gasteiger partial charge in [0.05, 0.1) is 0 Å². The first-order valence-corrected chi connectivity index (χ1v) is 8.77. The van der Waals surface area contributed by atoms with E-state index in [1.807, 2.05) is 0 Å². The lowest BCUT2D eigenvalue weighted by Gasteiger charge is -2.39. The summed E-state index contributed by atoms with van der Waals surface area (Å²) in [6.07, 6.45) is 6.24. The van der Waals surface area contributed by atoms with Gasteiger partial charge in [-0.3, -0.25) is 4.79 Å². The lowest BCUT2D eigenvalue weighted by Crippen LogP contribution is -2.44. The van der Waals surface area contributed by atoms with E-state index < -0.39 is 0 Å². The van der Waals surface area contributed by atoms with Crippen LogP contribution in [0, 0.1) is 5.41 Å². The van der Waals surface area contributed by atoms with Gasteiger partial charge in [-0.15, -0.1) is 0 Å². The molecule has 2 fully saturated rings. The van der Waals surface area contributed by atoms with E-state index in [1.54, 1.807) is 0 Å². The van der Waals surface area contributed by atoms with Gasteiger partial charge in [0, 0.05) is 26.1 Å². The second-order valence-corrected chi connectivity index (χ2v) is 6.98. The van der Waals surface area contributed by atoms with E-state index in [9.17, 15) is 4.79 Å². The summed E-state index contributed by atoms with van der Waals surface area (Å²) in [6, 6.07) is 8.69. The normalized spacial score (nSPS) is 20.5. The zero-order chi connectivity index (χ0) is 15.4. The molecule has 2 aliphatic rings. The summed E-state index contributed by atoms with van der Waals surface area (Å²) in [5.74, 6) is 0.334. The molecule has 0 unspecified atom stereocenters. The highest BCUT2D eigenvalue weighted by molar-refractivity contribution is 5.76. The highest BCUT2D eigenvalue weighted by Crippen LogP contribution is 2.37. The van der Waals surface area contributed by atoms with E-state index in [0.717, 1.165) is 39.0 Å². The molecule has 2 saturated heterocycles. The van der Waals surface area contributed by atoms with Gasteiger partial charge in [-0.25, -0.2) is 0 Å². The highest BCUT2D eigenvalue weighted by atomic mass is 16.2. The second-order valence-electron chi connectivity index (χ2n) is 6.98. The number of piperidine rings is 1. The molecule has 3 nitrogen and oxygen atoms in total. The molecule has 120 valence electrons. The van der Waals surface area contributed by atoms with Crippen LogP contribution in [0.15, 0.2) is 24.3 Å². The first-order valence-electron chi connectivity index (χ1n) is 8.77. The van der Waals surface area contributed by atoms with Gasteiger partial charge in [-0.1, -0.05) is 31.2 Å². The fourth-order valence-corrected chi connectivity index (χ4v) is 3.80. The first kappa shape index (κ1) is 15.5. The van der Waals surface area contributed by atoms with Crippen molar-refractivity contribution in [2.45, 2.75) is 45.4 Å². The summed E-state index contributed by atoms with van der Waals surface area (Å²) < 4.78 is 0. The van der Waals surface area contributed by atoms with E-state index in [0.29, 0.717) is 17.7 Å².